The standard InChI is InChI=1S/C5H8OS/c1-3-4-5(6)7-2/h3-4H,1-2H3/b4-3+. The van der Waals surface area contributed by atoms with E-state index in [-0.39, 0.29) is 5.12 Å². The Balaban J connectivity index is 3.37. The summed E-state index contributed by atoms with van der Waals surface area (Å²) in [6.45, 7) is 1.83. The van der Waals surface area contributed by atoms with Crippen LogP contribution in [0.25, 0.3) is 0 Å². The van der Waals surface area contributed by atoms with Gasteiger partial charge in [0.1, 0.15) is 0 Å². The van der Waals surface area contributed by atoms with Crippen molar-refractivity contribution in [3.05, 3.63) is 12.2 Å². The van der Waals surface area contributed by atoms with E-state index >= 15 is 0 Å². The van der Waals surface area contributed by atoms with Crippen LogP contribution in [-0.2, 0) is 4.79 Å². The minimum Gasteiger partial charge on any atom is -0.282 e. The van der Waals surface area contributed by atoms with Gasteiger partial charge >= 0.3 is 0 Å². The molecule has 0 saturated carbocycles. The molecule has 1 nitrogen and oxygen atoms in total. The van der Waals surface area contributed by atoms with Gasteiger partial charge in [-0.05, 0) is 19.3 Å². The fourth-order valence-electron chi connectivity index (χ4n) is 0.204. The second-order valence-electron chi connectivity index (χ2n) is 1.02. The Bertz CT molecular complexity index is 86.1. The van der Waals surface area contributed by atoms with Crippen LogP contribution in [0.3, 0.4) is 0 Å². The SMILES string of the molecule is C/C=C/C(=O)SC. The van der Waals surface area contributed by atoms with Crippen molar-refractivity contribution in [3.8, 4) is 0 Å². The van der Waals surface area contributed by atoms with E-state index in [1.165, 1.54) is 11.8 Å². The Morgan fingerprint density at radius 2 is 2.29 bits per heavy atom. The molecule has 40 valence electrons. The first kappa shape index (κ1) is 6.76. The fraction of sp³-hybridized carbons (Fsp3) is 0.400. The van der Waals surface area contributed by atoms with Crippen LogP contribution in [0, 0.1) is 0 Å². The number of hydrogen-bond acceptors (Lipinski definition) is 2. The van der Waals surface area contributed by atoms with E-state index in [1.54, 1.807) is 18.4 Å². The predicted octanol–water partition coefficient (Wildman–Crippen LogP) is 1.45. The lowest BCUT2D eigenvalue weighted by molar-refractivity contribution is -0.107. The highest BCUT2D eigenvalue weighted by Gasteiger charge is 1.84. The van der Waals surface area contributed by atoms with Crippen molar-refractivity contribution >= 4 is 16.9 Å². The van der Waals surface area contributed by atoms with Gasteiger partial charge in [0.15, 0.2) is 0 Å². The number of thioether (sulfide) groups is 1. The van der Waals surface area contributed by atoms with Crippen LogP contribution in [0.5, 0.6) is 0 Å². The Morgan fingerprint density at radius 3 is 2.43 bits per heavy atom. The first-order chi connectivity index (χ1) is 3.31. The molecule has 7 heavy (non-hydrogen) atoms. The van der Waals surface area contributed by atoms with Gasteiger partial charge in [-0.2, -0.15) is 0 Å². The predicted molar refractivity (Wildman–Crippen MR) is 33.3 cm³/mol. The Hall–Kier alpha value is -0.240. The van der Waals surface area contributed by atoms with Crippen molar-refractivity contribution < 1.29 is 4.79 Å². The Labute approximate surface area is 47.8 Å². The monoisotopic (exact) mass is 116 g/mol. The normalized spacial score (nSPS) is 10.0. The lowest BCUT2D eigenvalue weighted by Crippen LogP contribution is -1.78. The average Bonchev–Trinajstić information content (AvgIpc) is 1.68. The highest BCUT2D eigenvalue weighted by Crippen LogP contribution is 1.93. The summed E-state index contributed by atoms with van der Waals surface area (Å²) in [6, 6.07) is 0. The first-order valence-corrected chi connectivity index (χ1v) is 3.24. The molecule has 0 amide bonds. The highest BCUT2D eigenvalue weighted by atomic mass is 32.2. The van der Waals surface area contributed by atoms with Gasteiger partial charge in [-0.25, -0.2) is 0 Å². The van der Waals surface area contributed by atoms with E-state index in [9.17, 15) is 4.79 Å². The van der Waals surface area contributed by atoms with Crippen molar-refractivity contribution in [1.82, 2.24) is 0 Å². The van der Waals surface area contributed by atoms with Crippen LogP contribution in [0.4, 0.5) is 0 Å². The number of hydrogen-bond donors (Lipinski definition) is 0. The number of carbonyl (C=O) groups excluding carboxylic acids is 1. The van der Waals surface area contributed by atoms with Crippen molar-refractivity contribution in [1.29, 1.82) is 0 Å². The van der Waals surface area contributed by atoms with Crippen molar-refractivity contribution in [3.63, 3.8) is 0 Å². The lowest BCUT2D eigenvalue weighted by atomic mass is 10.6. The van der Waals surface area contributed by atoms with E-state index in [1.807, 2.05) is 6.92 Å². The van der Waals surface area contributed by atoms with Crippen LogP contribution in [-0.4, -0.2) is 11.4 Å². The van der Waals surface area contributed by atoms with Crippen LogP contribution < -0.4 is 0 Å². The van der Waals surface area contributed by atoms with Crippen molar-refractivity contribution in [2.24, 2.45) is 0 Å². The second-order valence-corrected chi connectivity index (χ2v) is 1.83. The molecule has 0 atom stereocenters. The summed E-state index contributed by atoms with van der Waals surface area (Å²) < 4.78 is 0. The molecule has 0 aromatic rings. The summed E-state index contributed by atoms with van der Waals surface area (Å²) in [5, 5.41) is 0.113. The third kappa shape index (κ3) is 3.59. The summed E-state index contributed by atoms with van der Waals surface area (Å²) >= 11 is 1.22. The third-order valence-corrected chi connectivity index (χ3v) is 1.04. The molecule has 0 aliphatic carbocycles. The van der Waals surface area contributed by atoms with Crippen molar-refractivity contribution in [2.45, 2.75) is 6.92 Å². The average molecular weight is 116 g/mol. The molecule has 0 N–H and O–H groups in total. The molecular weight excluding hydrogens is 108 g/mol. The van der Waals surface area contributed by atoms with Gasteiger partial charge in [-0.3, -0.25) is 4.79 Å². The summed E-state index contributed by atoms with van der Waals surface area (Å²) in [6.07, 6.45) is 5.05. The molecule has 0 fully saturated rings. The fourth-order valence-corrected chi connectivity index (χ4v) is 0.476. The Morgan fingerprint density at radius 1 is 1.71 bits per heavy atom. The molecule has 0 aliphatic heterocycles. The maximum absolute atomic E-state index is 10.3. The molecule has 0 heterocycles. The van der Waals surface area contributed by atoms with Crippen LogP contribution in [0.1, 0.15) is 6.92 Å². The maximum atomic E-state index is 10.3. The van der Waals surface area contributed by atoms with Gasteiger partial charge in [0, 0.05) is 0 Å². The maximum Gasteiger partial charge on any atom is 0.211 e. The molecule has 0 rings (SSSR count). The third-order valence-electron chi connectivity index (χ3n) is 0.504. The molecule has 0 radical (unpaired) electrons. The molecule has 0 aliphatic rings. The quantitative estimate of drug-likeness (QED) is 0.482. The van der Waals surface area contributed by atoms with Crippen molar-refractivity contribution in [2.75, 3.05) is 6.26 Å². The molecule has 2 heteroatoms. The highest BCUT2D eigenvalue weighted by molar-refractivity contribution is 8.13. The topological polar surface area (TPSA) is 17.1 Å². The van der Waals surface area contributed by atoms with Gasteiger partial charge < -0.3 is 0 Å². The first-order valence-electron chi connectivity index (χ1n) is 2.02. The van der Waals surface area contributed by atoms with Gasteiger partial charge in [-0.1, -0.05) is 17.8 Å². The van der Waals surface area contributed by atoms with E-state index in [4.69, 9.17) is 0 Å². The van der Waals surface area contributed by atoms with Crippen LogP contribution >= 0.6 is 11.8 Å². The van der Waals surface area contributed by atoms with Gasteiger partial charge in [-0.15, -0.1) is 0 Å². The zero-order valence-corrected chi connectivity index (χ0v) is 5.29. The Kier molecular flexibility index (Phi) is 3.80. The number of rotatable bonds is 1. The minimum absolute atomic E-state index is 0.113. The zero-order chi connectivity index (χ0) is 5.70. The van der Waals surface area contributed by atoms with E-state index in [2.05, 4.69) is 0 Å². The van der Waals surface area contributed by atoms with Gasteiger partial charge in [0.05, 0.1) is 0 Å². The second kappa shape index (κ2) is 3.93. The van der Waals surface area contributed by atoms with E-state index in [0.29, 0.717) is 0 Å². The number of allylic oxidation sites excluding steroid dienone is 1. The molecule has 0 aromatic heterocycles. The zero-order valence-electron chi connectivity index (χ0n) is 4.47. The lowest BCUT2D eigenvalue weighted by Gasteiger charge is -1.77. The molecule has 0 unspecified atom stereocenters. The molecule has 0 bridgehead atoms. The summed E-state index contributed by atoms with van der Waals surface area (Å²) in [7, 11) is 0. The van der Waals surface area contributed by atoms with Gasteiger partial charge in [0.2, 0.25) is 5.12 Å². The largest absolute Gasteiger partial charge is 0.282 e. The molecule has 0 aromatic carbocycles. The minimum atomic E-state index is 0.113. The summed E-state index contributed by atoms with van der Waals surface area (Å²) in [4.78, 5) is 10.3. The van der Waals surface area contributed by atoms with E-state index < -0.39 is 0 Å². The smallest absolute Gasteiger partial charge is 0.211 e. The van der Waals surface area contributed by atoms with Crippen LogP contribution in [0.2, 0.25) is 0 Å². The summed E-state index contributed by atoms with van der Waals surface area (Å²) in [5.41, 5.74) is 0. The van der Waals surface area contributed by atoms with E-state index in [0.717, 1.165) is 0 Å². The molecular formula is C5H8OS. The summed E-state index contributed by atoms with van der Waals surface area (Å²) in [5.74, 6) is 0. The molecule has 0 spiro atoms. The number of carbonyl (C=O) groups is 1. The molecule has 0 saturated heterocycles. The van der Waals surface area contributed by atoms with Crippen LogP contribution in [0.15, 0.2) is 12.2 Å². The van der Waals surface area contributed by atoms with Gasteiger partial charge in [0.25, 0.3) is 0 Å².